The molecule has 1 aliphatic heterocycles. The van der Waals surface area contributed by atoms with Crippen molar-refractivity contribution >= 4 is 28.5 Å². The first kappa shape index (κ1) is 23.3. The quantitative estimate of drug-likeness (QED) is 0.317. The molecule has 10 nitrogen and oxygen atoms in total. The second-order valence-corrected chi connectivity index (χ2v) is 8.90. The van der Waals surface area contributed by atoms with Gasteiger partial charge in [0.2, 0.25) is 11.8 Å². The topological polar surface area (TPSA) is 134 Å². The van der Waals surface area contributed by atoms with Crippen LogP contribution in [-0.4, -0.2) is 37.4 Å². The molecule has 1 aliphatic rings. The fourth-order valence-electron chi connectivity index (χ4n) is 4.45. The fourth-order valence-corrected chi connectivity index (χ4v) is 4.45. The molecule has 4 N–H and O–H groups in total. The molecule has 0 aliphatic carbocycles. The number of carbonyl (C=O) groups excluding carboxylic acids is 2. The minimum absolute atomic E-state index is 0.0296. The molecule has 0 radical (unpaired) electrons. The summed E-state index contributed by atoms with van der Waals surface area (Å²) < 4.78 is 1.40. The highest BCUT2D eigenvalue weighted by Crippen LogP contribution is 2.26. The van der Waals surface area contributed by atoms with Gasteiger partial charge in [-0.25, -0.2) is 4.98 Å². The number of H-pyrrole nitrogens is 1. The van der Waals surface area contributed by atoms with E-state index >= 15 is 0 Å². The van der Waals surface area contributed by atoms with E-state index < -0.39 is 0 Å². The molecular weight excluding hydrogens is 458 g/mol. The number of pyridine rings is 1. The predicted molar refractivity (Wildman–Crippen MR) is 135 cm³/mol. The van der Waals surface area contributed by atoms with E-state index in [1.54, 1.807) is 19.3 Å². The van der Waals surface area contributed by atoms with Crippen LogP contribution in [0.3, 0.4) is 0 Å². The second kappa shape index (κ2) is 10.0. The highest BCUT2D eigenvalue weighted by molar-refractivity contribution is 5.79. The Kier molecular flexibility index (Phi) is 6.48. The van der Waals surface area contributed by atoms with E-state index in [1.807, 2.05) is 48.7 Å². The Morgan fingerprint density at radius 2 is 1.97 bits per heavy atom. The largest absolute Gasteiger partial charge is 0.360 e. The Morgan fingerprint density at radius 3 is 2.81 bits per heavy atom. The van der Waals surface area contributed by atoms with Crippen LogP contribution >= 0.6 is 0 Å². The summed E-state index contributed by atoms with van der Waals surface area (Å²) in [6.45, 7) is 1.85. The number of rotatable bonds is 7. The van der Waals surface area contributed by atoms with Crippen LogP contribution in [0, 0.1) is 6.92 Å². The van der Waals surface area contributed by atoms with Gasteiger partial charge in [-0.3, -0.25) is 23.9 Å². The van der Waals surface area contributed by atoms with Gasteiger partial charge in [0.05, 0.1) is 36.0 Å². The van der Waals surface area contributed by atoms with Gasteiger partial charge in [-0.15, -0.1) is 0 Å². The van der Waals surface area contributed by atoms with Gasteiger partial charge in [-0.2, -0.15) is 0 Å². The molecule has 0 bridgehead atoms. The first-order valence-corrected chi connectivity index (χ1v) is 11.8. The molecule has 1 fully saturated rings. The summed E-state index contributed by atoms with van der Waals surface area (Å²) in [7, 11) is 0. The lowest BCUT2D eigenvalue weighted by Crippen LogP contribution is -2.46. The van der Waals surface area contributed by atoms with E-state index in [4.69, 9.17) is 0 Å². The number of nitrogens with one attached hydrogen (secondary N) is 4. The Morgan fingerprint density at radius 1 is 1.14 bits per heavy atom. The Hall–Kier alpha value is -4.47. The number of anilines is 1. The fraction of sp³-hybridized carbons (Fsp3) is 0.269. The van der Waals surface area contributed by atoms with E-state index in [2.05, 4.69) is 30.9 Å². The lowest BCUT2D eigenvalue weighted by atomic mass is 9.92. The maximum absolute atomic E-state index is 13.3. The van der Waals surface area contributed by atoms with Gasteiger partial charge >= 0.3 is 0 Å². The molecule has 36 heavy (non-hydrogen) atoms. The van der Waals surface area contributed by atoms with Crippen LogP contribution in [0.2, 0.25) is 0 Å². The zero-order valence-electron chi connectivity index (χ0n) is 19.8. The minimum atomic E-state index is -0.388. The smallest absolute Gasteiger partial charge is 0.293 e. The third-order valence-electron chi connectivity index (χ3n) is 6.40. The average molecular weight is 486 g/mol. The molecule has 2 atom stereocenters. The van der Waals surface area contributed by atoms with Crippen molar-refractivity contribution in [2.45, 2.75) is 44.9 Å². The average Bonchev–Trinajstić information content (AvgIpc) is 3.36. The SMILES string of the molecule is Cc1cnc(NC2CCC(=O)N[C@@H]2c2ccccc2)c(=O)n1CC(=O)NCc1cc2cc[nH]c2cn1. The monoisotopic (exact) mass is 485 g/mol. The molecule has 1 saturated heterocycles. The predicted octanol–water partition coefficient (Wildman–Crippen LogP) is 2.18. The van der Waals surface area contributed by atoms with Gasteiger partial charge in [0.1, 0.15) is 6.54 Å². The molecule has 184 valence electrons. The van der Waals surface area contributed by atoms with Crippen molar-refractivity contribution in [2.24, 2.45) is 0 Å². The summed E-state index contributed by atoms with van der Waals surface area (Å²) >= 11 is 0. The van der Waals surface area contributed by atoms with E-state index in [0.717, 1.165) is 22.2 Å². The minimum Gasteiger partial charge on any atom is -0.360 e. The maximum Gasteiger partial charge on any atom is 0.293 e. The van der Waals surface area contributed by atoms with Crippen molar-refractivity contribution in [3.63, 3.8) is 0 Å². The van der Waals surface area contributed by atoms with E-state index in [-0.39, 0.29) is 48.4 Å². The highest BCUT2D eigenvalue weighted by atomic mass is 16.2. The zero-order chi connectivity index (χ0) is 25.1. The van der Waals surface area contributed by atoms with Crippen molar-refractivity contribution in [2.75, 3.05) is 5.32 Å². The summed E-state index contributed by atoms with van der Waals surface area (Å²) in [5, 5.41) is 10.1. The molecular formula is C26H27N7O3. The molecule has 10 heteroatoms. The number of carbonyl (C=O) groups is 2. The lowest BCUT2D eigenvalue weighted by Gasteiger charge is -2.33. The molecule has 1 unspecified atom stereocenters. The number of hydrogen-bond acceptors (Lipinski definition) is 6. The first-order chi connectivity index (χ1) is 17.5. The van der Waals surface area contributed by atoms with E-state index in [9.17, 15) is 14.4 Å². The third kappa shape index (κ3) is 4.97. The van der Waals surface area contributed by atoms with Crippen molar-refractivity contribution in [1.29, 1.82) is 0 Å². The van der Waals surface area contributed by atoms with E-state index in [1.165, 1.54) is 4.57 Å². The molecule has 4 aromatic rings. The van der Waals surface area contributed by atoms with Gasteiger partial charge in [0, 0.05) is 29.9 Å². The Balaban J connectivity index is 1.29. The number of piperidine rings is 1. The molecule has 5 rings (SSSR count). The first-order valence-electron chi connectivity index (χ1n) is 11.8. The Labute approximate surface area is 207 Å². The van der Waals surface area contributed by atoms with Crippen LogP contribution in [0.4, 0.5) is 5.82 Å². The second-order valence-electron chi connectivity index (χ2n) is 8.90. The number of nitrogens with zero attached hydrogens (tertiary/aromatic N) is 3. The number of fused-ring (bicyclic) bond motifs is 1. The standard InChI is InChI=1S/C26H27N7O3/c1-16-12-30-25(31-20-7-8-22(34)32-24(20)17-5-3-2-4-6-17)26(36)33(16)15-23(35)29-13-19-11-18-9-10-27-21(18)14-28-19/h2-6,9-12,14,20,24,27H,7-8,13,15H2,1H3,(H,29,35)(H,30,31)(H,32,34)/t20?,24-/m1/s1. The summed E-state index contributed by atoms with van der Waals surface area (Å²) in [5.74, 6) is -0.187. The van der Waals surface area contributed by atoms with Gasteiger partial charge in [-0.05, 0) is 31.0 Å². The highest BCUT2D eigenvalue weighted by Gasteiger charge is 2.30. The number of aromatic nitrogens is 4. The molecule has 1 aromatic carbocycles. The molecule has 3 aromatic heterocycles. The van der Waals surface area contributed by atoms with Gasteiger partial charge in [0.25, 0.3) is 5.56 Å². The third-order valence-corrected chi connectivity index (χ3v) is 6.40. The van der Waals surface area contributed by atoms with Crippen molar-refractivity contribution in [1.82, 2.24) is 30.2 Å². The summed E-state index contributed by atoms with van der Waals surface area (Å²) in [6, 6.07) is 13.0. The lowest BCUT2D eigenvalue weighted by molar-refractivity contribution is -0.123. The maximum atomic E-state index is 13.3. The van der Waals surface area contributed by atoms with Crippen LogP contribution in [-0.2, 0) is 22.7 Å². The zero-order valence-corrected chi connectivity index (χ0v) is 19.8. The number of aromatic amines is 1. The number of amides is 2. The number of aryl methyl sites for hydroxylation is 1. The van der Waals surface area contributed by atoms with Crippen molar-refractivity contribution in [3.8, 4) is 0 Å². The van der Waals surface area contributed by atoms with Crippen molar-refractivity contribution < 1.29 is 9.59 Å². The van der Waals surface area contributed by atoms with Gasteiger partial charge in [-0.1, -0.05) is 30.3 Å². The number of hydrogen-bond donors (Lipinski definition) is 4. The Bertz CT molecular complexity index is 1460. The van der Waals surface area contributed by atoms with Crippen LogP contribution in [0.15, 0.2) is 65.8 Å². The van der Waals surface area contributed by atoms with Crippen LogP contribution in [0.5, 0.6) is 0 Å². The number of benzene rings is 1. The summed E-state index contributed by atoms with van der Waals surface area (Å²) in [6.07, 6.45) is 6.04. The van der Waals surface area contributed by atoms with Crippen LogP contribution in [0.25, 0.3) is 10.9 Å². The van der Waals surface area contributed by atoms with E-state index in [0.29, 0.717) is 18.5 Å². The van der Waals surface area contributed by atoms with Crippen LogP contribution < -0.4 is 21.5 Å². The molecule has 2 amide bonds. The van der Waals surface area contributed by atoms with Crippen molar-refractivity contribution in [3.05, 3.63) is 88.4 Å². The summed E-state index contributed by atoms with van der Waals surface area (Å²) in [4.78, 5) is 49.7. The van der Waals surface area contributed by atoms with Crippen LogP contribution in [0.1, 0.15) is 35.8 Å². The molecule has 0 saturated carbocycles. The molecule has 0 spiro atoms. The van der Waals surface area contributed by atoms with Gasteiger partial charge < -0.3 is 20.9 Å². The normalized spacial score (nSPS) is 17.5. The molecule has 4 heterocycles. The van der Waals surface area contributed by atoms with Gasteiger partial charge in [0.15, 0.2) is 5.82 Å². The summed E-state index contributed by atoms with van der Waals surface area (Å²) in [5.41, 5.74) is 2.78.